The first-order chi connectivity index (χ1) is 12.3. The van der Waals surface area contributed by atoms with Gasteiger partial charge in [-0.25, -0.2) is 8.42 Å². The second kappa shape index (κ2) is 7.39. The van der Waals surface area contributed by atoms with Gasteiger partial charge in [0.1, 0.15) is 0 Å². The molecule has 5 nitrogen and oxygen atoms in total. The molecule has 0 spiro atoms. The summed E-state index contributed by atoms with van der Waals surface area (Å²) >= 11 is 6.09. The first kappa shape index (κ1) is 18.9. The highest BCUT2D eigenvalue weighted by molar-refractivity contribution is 7.89. The second-order valence-electron chi connectivity index (χ2n) is 6.62. The number of nitrogens with one attached hydrogen (secondary N) is 1. The molecule has 3 rings (SSSR count). The third kappa shape index (κ3) is 3.92. The maximum Gasteiger partial charge on any atom is 0.243 e. The number of nitrogens with zero attached hydrogens (tertiary/aromatic N) is 1. The van der Waals surface area contributed by atoms with E-state index in [1.165, 1.54) is 4.31 Å². The Morgan fingerprint density at radius 3 is 2.54 bits per heavy atom. The van der Waals surface area contributed by atoms with Crippen molar-refractivity contribution in [3.05, 3.63) is 64.2 Å². The van der Waals surface area contributed by atoms with Crippen LogP contribution in [0.2, 0.25) is 5.02 Å². The van der Waals surface area contributed by atoms with Gasteiger partial charge in [-0.1, -0.05) is 41.9 Å². The minimum Gasteiger partial charge on any atom is -0.351 e. The number of amides is 1. The molecule has 0 aromatic heterocycles. The zero-order valence-electron chi connectivity index (χ0n) is 14.7. The van der Waals surface area contributed by atoms with Gasteiger partial charge in [-0.2, -0.15) is 4.31 Å². The van der Waals surface area contributed by atoms with Crippen LogP contribution in [0.4, 0.5) is 0 Å². The van der Waals surface area contributed by atoms with Crippen molar-refractivity contribution in [2.24, 2.45) is 0 Å². The van der Waals surface area contributed by atoms with Crippen molar-refractivity contribution in [2.75, 3.05) is 13.1 Å². The topological polar surface area (TPSA) is 66.5 Å². The van der Waals surface area contributed by atoms with E-state index in [1.807, 2.05) is 30.3 Å². The highest BCUT2D eigenvalue weighted by Crippen LogP contribution is 2.27. The average Bonchev–Trinajstić information content (AvgIpc) is 2.58. The van der Waals surface area contributed by atoms with Crippen LogP contribution in [0.5, 0.6) is 0 Å². The molecule has 26 heavy (non-hydrogen) atoms. The highest BCUT2D eigenvalue weighted by Gasteiger charge is 2.34. The molecule has 1 heterocycles. The normalized spacial score (nSPS) is 18.6. The van der Waals surface area contributed by atoms with Gasteiger partial charge < -0.3 is 5.32 Å². The molecule has 2 aromatic carbocycles. The number of aryl methyl sites for hydroxylation is 2. The standard InChI is InChI=1S/C19H21ClN2O3S/c1-13-9-18(14(2)8-17(13)20)26(24,25)22-11-16(21-19(23)12-22)10-15-6-4-3-5-7-15/h3-9,16H,10-12H2,1-2H3,(H,21,23)/t16-/m0/s1. The maximum atomic E-state index is 13.1. The Hall–Kier alpha value is -1.89. The fourth-order valence-electron chi connectivity index (χ4n) is 3.16. The van der Waals surface area contributed by atoms with Crippen LogP contribution in [0.1, 0.15) is 16.7 Å². The third-order valence-corrected chi connectivity index (χ3v) is 6.87. The Labute approximate surface area is 159 Å². The summed E-state index contributed by atoms with van der Waals surface area (Å²) in [6.45, 7) is 3.55. The summed E-state index contributed by atoms with van der Waals surface area (Å²) in [5, 5.41) is 3.41. The predicted molar refractivity (Wildman–Crippen MR) is 102 cm³/mol. The van der Waals surface area contributed by atoms with Crippen molar-refractivity contribution in [1.29, 1.82) is 0 Å². The molecule has 1 aliphatic rings. The van der Waals surface area contributed by atoms with Crippen LogP contribution in [0.15, 0.2) is 47.4 Å². The van der Waals surface area contributed by atoms with Gasteiger partial charge in [0.25, 0.3) is 0 Å². The molecule has 1 saturated heterocycles. The summed E-state index contributed by atoms with van der Waals surface area (Å²) in [6.07, 6.45) is 0.581. The molecule has 138 valence electrons. The summed E-state index contributed by atoms with van der Waals surface area (Å²) in [5.74, 6) is -0.288. The average molecular weight is 393 g/mol. The van der Waals surface area contributed by atoms with E-state index in [2.05, 4.69) is 5.32 Å². The summed E-state index contributed by atoms with van der Waals surface area (Å²) in [7, 11) is -3.78. The summed E-state index contributed by atoms with van der Waals surface area (Å²) in [6, 6.07) is 12.7. The fourth-order valence-corrected chi connectivity index (χ4v) is 5.11. The zero-order valence-corrected chi connectivity index (χ0v) is 16.3. The Balaban J connectivity index is 1.87. The lowest BCUT2D eigenvalue weighted by Gasteiger charge is -2.32. The lowest BCUT2D eigenvalue weighted by Crippen LogP contribution is -2.56. The second-order valence-corrected chi connectivity index (χ2v) is 8.93. The lowest BCUT2D eigenvalue weighted by atomic mass is 10.0. The number of rotatable bonds is 4. The summed E-state index contributed by atoms with van der Waals surface area (Å²) in [5.41, 5.74) is 2.32. The molecule has 1 atom stereocenters. The highest BCUT2D eigenvalue weighted by atomic mass is 35.5. The van der Waals surface area contributed by atoms with Gasteiger partial charge in [0.15, 0.2) is 0 Å². The monoisotopic (exact) mass is 392 g/mol. The van der Waals surface area contributed by atoms with Crippen molar-refractivity contribution < 1.29 is 13.2 Å². The molecule has 2 aromatic rings. The fraction of sp³-hybridized carbons (Fsp3) is 0.316. The Bertz CT molecular complexity index is 929. The van der Waals surface area contributed by atoms with E-state index >= 15 is 0 Å². The van der Waals surface area contributed by atoms with E-state index in [-0.39, 0.29) is 29.9 Å². The van der Waals surface area contributed by atoms with Gasteiger partial charge in [0, 0.05) is 17.6 Å². The third-order valence-electron chi connectivity index (χ3n) is 4.51. The molecular formula is C19H21ClN2O3S. The zero-order chi connectivity index (χ0) is 18.9. The van der Waals surface area contributed by atoms with E-state index in [9.17, 15) is 13.2 Å². The molecule has 1 N–H and O–H groups in total. The number of benzene rings is 2. The lowest BCUT2D eigenvalue weighted by molar-refractivity contribution is -0.123. The summed E-state index contributed by atoms with van der Waals surface area (Å²) < 4.78 is 27.5. The smallest absolute Gasteiger partial charge is 0.243 e. The Morgan fingerprint density at radius 2 is 1.85 bits per heavy atom. The Kier molecular flexibility index (Phi) is 5.37. The molecule has 0 unspecified atom stereocenters. The van der Waals surface area contributed by atoms with E-state index in [1.54, 1.807) is 26.0 Å². The summed E-state index contributed by atoms with van der Waals surface area (Å²) in [4.78, 5) is 12.3. The number of sulfonamides is 1. The number of piperazine rings is 1. The van der Waals surface area contributed by atoms with Gasteiger partial charge in [-0.05, 0) is 49.1 Å². The van der Waals surface area contributed by atoms with Gasteiger partial charge >= 0.3 is 0 Å². The number of carbonyl (C=O) groups excluding carboxylic acids is 1. The molecule has 1 amide bonds. The van der Waals surface area contributed by atoms with Crippen LogP contribution in [-0.4, -0.2) is 37.8 Å². The molecule has 0 saturated carbocycles. The predicted octanol–water partition coefficient (Wildman–Crippen LogP) is 2.69. The van der Waals surface area contributed by atoms with Crippen molar-refractivity contribution in [1.82, 2.24) is 9.62 Å². The quantitative estimate of drug-likeness (QED) is 0.869. The maximum absolute atomic E-state index is 13.1. The van der Waals surface area contributed by atoms with Gasteiger partial charge in [0.2, 0.25) is 15.9 Å². The molecule has 0 bridgehead atoms. The Morgan fingerprint density at radius 1 is 1.15 bits per heavy atom. The van der Waals surface area contributed by atoms with Gasteiger partial charge in [-0.15, -0.1) is 0 Å². The first-order valence-corrected chi connectivity index (χ1v) is 10.2. The number of hydrogen-bond acceptors (Lipinski definition) is 3. The molecule has 7 heteroatoms. The van der Waals surface area contributed by atoms with Gasteiger partial charge in [0.05, 0.1) is 11.4 Å². The molecule has 1 aliphatic heterocycles. The molecule has 0 radical (unpaired) electrons. The van der Waals surface area contributed by atoms with E-state index in [4.69, 9.17) is 11.6 Å². The first-order valence-electron chi connectivity index (χ1n) is 8.37. The van der Waals surface area contributed by atoms with Crippen LogP contribution in [-0.2, 0) is 21.2 Å². The molecular weight excluding hydrogens is 372 g/mol. The number of halogens is 1. The van der Waals surface area contributed by atoms with Crippen LogP contribution >= 0.6 is 11.6 Å². The minimum atomic E-state index is -3.78. The van der Waals surface area contributed by atoms with E-state index in [0.29, 0.717) is 22.6 Å². The van der Waals surface area contributed by atoms with Crippen molar-refractivity contribution in [2.45, 2.75) is 31.2 Å². The van der Waals surface area contributed by atoms with Crippen LogP contribution in [0, 0.1) is 13.8 Å². The van der Waals surface area contributed by atoms with Crippen LogP contribution in [0.3, 0.4) is 0 Å². The van der Waals surface area contributed by atoms with Gasteiger partial charge in [-0.3, -0.25) is 4.79 Å². The molecule has 0 aliphatic carbocycles. The van der Waals surface area contributed by atoms with Crippen molar-refractivity contribution in [3.63, 3.8) is 0 Å². The van der Waals surface area contributed by atoms with Crippen LogP contribution in [0.25, 0.3) is 0 Å². The van der Waals surface area contributed by atoms with E-state index in [0.717, 1.165) is 5.56 Å². The van der Waals surface area contributed by atoms with Crippen molar-refractivity contribution in [3.8, 4) is 0 Å². The SMILES string of the molecule is Cc1cc(S(=O)(=O)N2CC(=O)N[C@@H](Cc3ccccc3)C2)c(C)cc1Cl. The van der Waals surface area contributed by atoms with Crippen molar-refractivity contribution >= 4 is 27.5 Å². The van der Waals surface area contributed by atoms with E-state index < -0.39 is 10.0 Å². The number of hydrogen-bond donors (Lipinski definition) is 1. The number of carbonyl (C=O) groups is 1. The van der Waals surface area contributed by atoms with Crippen LogP contribution < -0.4 is 5.32 Å². The minimum absolute atomic E-state index is 0.172. The molecule has 1 fully saturated rings. The largest absolute Gasteiger partial charge is 0.351 e.